The van der Waals surface area contributed by atoms with Crippen LogP contribution in [0.15, 0.2) is 53.9 Å². The average Bonchev–Trinajstić information content (AvgIpc) is 3.24. The lowest BCUT2D eigenvalue weighted by Crippen LogP contribution is -2.11. The van der Waals surface area contributed by atoms with Crippen LogP contribution in [0, 0.1) is 6.92 Å². The van der Waals surface area contributed by atoms with Crippen molar-refractivity contribution in [3.05, 3.63) is 65.2 Å². The van der Waals surface area contributed by atoms with Crippen molar-refractivity contribution < 1.29 is 9.53 Å². The van der Waals surface area contributed by atoms with Gasteiger partial charge in [-0.25, -0.2) is 4.98 Å². The first kappa shape index (κ1) is 16.4. The zero-order chi connectivity index (χ0) is 18.1. The van der Waals surface area contributed by atoms with Crippen LogP contribution >= 0.6 is 11.3 Å². The number of carbonyl (C=O) groups is 1. The normalized spacial score (nSPS) is 10.8. The zero-order valence-electron chi connectivity index (χ0n) is 14.4. The first-order valence-electron chi connectivity index (χ1n) is 8.14. The summed E-state index contributed by atoms with van der Waals surface area (Å²) < 4.78 is 5.34. The van der Waals surface area contributed by atoms with Crippen LogP contribution in [-0.2, 0) is 0 Å². The standard InChI is InChI=1S/C20H17N3O2S/c1-12-18(15-10-14(25-2)8-9-16(15)21-12)17-11-26-20(22-17)23-19(24)13-6-4-3-5-7-13/h3-11,21H,1-2H3,(H,22,23,24). The van der Waals surface area contributed by atoms with E-state index in [2.05, 4.69) is 15.3 Å². The van der Waals surface area contributed by atoms with Crippen molar-refractivity contribution in [1.29, 1.82) is 0 Å². The maximum Gasteiger partial charge on any atom is 0.257 e. The SMILES string of the molecule is COc1ccc2[nH]c(C)c(-c3csc(NC(=O)c4ccccc4)n3)c2c1. The van der Waals surface area contributed by atoms with E-state index in [9.17, 15) is 4.79 Å². The molecular formula is C20H17N3O2S. The predicted molar refractivity (Wildman–Crippen MR) is 105 cm³/mol. The molecule has 0 atom stereocenters. The van der Waals surface area contributed by atoms with Gasteiger partial charge in [-0.1, -0.05) is 18.2 Å². The molecule has 2 heterocycles. The number of amides is 1. The largest absolute Gasteiger partial charge is 0.497 e. The van der Waals surface area contributed by atoms with E-state index in [1.165, 1.54) is 11.3 Å². The summed E-state index contributed by atoms with van der Waals surface area (Å²) in [5.74, 6) is 0.634. The summed E-state index contributed by atoms with van der Waals surface area (Å²) in [5, 5.41) is 6.44. The number of methoxy groups -OCH3 is 1. The van der Waals surface area contributed by atoms with Gasteiger partial charge in [0.25, 0.3) is 5.91 Å². The van der Waals surface area contributed by atoms with E-state index in [0.29, 0.717) is 10.7 Å². The van der Waals surface area contributed by atoms with E-state index in [4.69, 9.17) is 4.74 Å². The van der Waals surface area contributed by atoms with Crippen LogP contribution < -0.4 is 10.1 Å². The second-order valence-corrected chi connectivity index (χ2v) is 6.75. The van der Waals surface area contributed by atoms with Gasteiger partial charge in [0.1, 0.15) is 5.75 Å². The Kier molecular flexibility index (Phi) is 4.18. The lowest BCUT2D eigenvalue weighted by Gasteiger charge is -2.02. The van der Waals surface area contributed by atoms with E-state index in [1.54, 1.807) is 19.2 Å². The number of anilines is 1. The molecule has 0 unspecified atom stereocenters. The van der Waals surface area contributed by atoms with Gasteiger partial charge in [-0.15, -0.1) is 11.3 Å². The lowest BCUT2D eigenvalue weighted by atomic mass is 10.1. The van der Waals surface area contributed by atoms with Crippen LogP contribution in [0.4, 0.5) is 5.13 Å². The molecule has 1 amide bonds. The maximum atomic E-state index is 12.3. The van der Waals surface area contributed by atoms with E-state index >= 15 is 0 Å². The van der Waals surface area contributed by atoms with Gasteiger partial charge in [-0.3, -0.25) is 10.1 Å². The van der Waals surface area contributed by atoms with Crippen molar-refractivity contribution in [3.63, 3.8) is 0 Å². The molecule has 6 heteroatoms. The highest BCUT2D eigenvalue weighted by Gasteiger charge is 2.15. The molecular weight excluding hydrogens is 346 g/mol. The van der Waals surface area contributed by atoms with Gasteiger partial charge in [0.15, 0.2) is 5.13 Å². The zero-order valence-corrected chi connectivity index (χ0v) is 15.2. The third kappa shape index (κ3) is 2.95. The summed E-state index contributed by atoms with van der Waals surface area (Å²) >= 11 is 1.41. The second kappa shape index (κ2) is 6.65. The molecule has 0 fully saturated rings. The summed E-state index contributed by atoms with van der Waals surface area (Å²) in [6.07, 6.45) is 0. The van der Waals surface area contributed by atoms with Gasteiger partial charge in [0.2, 0.25) is 0 Å². The third-order valence-electron chi connectivity index (χ3n) is 4.21. The topological polar surface area (TPSA) is 67.0 Å². The fraction of sp³-hybridized carbons (Fsp3) is 0.100. The molecule has 0 aliphatic rings. The number of hydrogen-bond donors (Lipinski definition) is 2. The molecule has 0 aliphatic heterocycles. The van der Waals surface area contributed by atoms with Gasteiger partial charge in [0, 0.05) is 33.1 Å². The number of H-pyrrole nitrogens is 1. The number of rotatable bonds is 4. The monoisotopic (exact) mass is 363 g/mol. The van der Waals surface area contributed by atoms with Crippen LogP contribution in [0.1, 0.15) is 16.1 Å². The molecule has 4 aromatic rings. The molecule has 0 saturated carbocycles. The Morgan fingerprint density at radius 1 is 1.19 bits per heavy atom. The van der Waals surface area contributed by atoms with Crippen LogP contribution in [-0.4, -0.2) is 23.0 Å². The van der Waals surface area contributed by atoms with Gasteiger partial charge >= 0.3 is 0 Å². The molecule has 0 bridgehead atoms. The number of aryl methyl sites for hydroxylation is 1. The molecule has 2 N–H and O–H groups in total. The van der Waals surface area contributed by atoms with E-state index in [-0.39, 0.29) is 5.91 Å². The molecule has 4 rings (SSSR count). The smallest absolute Gasteiger partial charge is 0.257 e. The van der Waals surface area contributed by atoms with Crippen molar-refractivity contribution in [1.82, 2.24) is 9.97 Å². The summed E-state index contributed by atoms with van der Waals surface area (Å²) in [5.41, 5.74) is 4.52. The number of fused-ring (bicyclic) bond motifs is 1. The quantitative estimate of drug-likeness (QED) is 0.544. The third-order valence-corrected chi connectivity index (χ3v) is 4.97. The van der Waals surface area contributed by atoms with Crippen molar-refractivity contribution in [3.8, 4) is 17.0 Å². The number of aromatic nitrogens is 2. The molecule has 130 valence electrons. The Hall–Kier alpha value is -3.12. The number of benzene rings is 2. The van der Waals surface area contributed by atoms with Crippen molar-refractivity contribution in [2.45, 2.75) is 6.92 Å². The first-order valence-corrected chi connectivity index (χ1v) is 9.02. The molecule has 5 nitrogen and oxygen atoms in total. The van der Waals surface area contributed by atoms with Crippen LogP contribution in [0.3, 0.4) is 0 Å². The number of thiazole rings is 1. The van der Waals surface area contributed by atoms with Crippen LogP contribution in [0.25, 0.3) is 22.2 Å². The number of aromatic amines is 1. The maximum absolute atomic E-state index is 12.3. The number of hydrogen-bond acceptors (Lipinski definition) is 4. The average molecular weight is 363 g/mol. The number of ether oxygens (including phenoxy) is 1. The Morgan fingerprint density at radius 2 is 2.00 bits per heavy atom. The highest BCUT2D eigenvalue weighted by molar-refractivity contribution is 7.14. The predicted octanol–water partition coefficient (Wildman–Crippen LogP) is 4.86. The molecule has 2 aromatic carbocycles. The summed E-state index contributed by atoms with van der Waals surface area (Å²) in [7, 11) is 1.65. The van der Waals surface area contributed by atoms with E-state index in [1.807, 2.05) is 48.7 Å². The summed E-state index contributed by atoms with van der Waals surface area (Å²) in [6.45, 7) is 2.02. The minimum atomic E-state index is -0.163. The molecule has 0 radical (unpaired) electrons. The lowest BCUT2D eigenvalue weighted by molar-refractivity contribution is 0.102. The van der Waals surface area contributed by atoms with E-state index < -0.39 is 0 Å². The van der Waals surface area contributed by atoms with Crippen molar-refractivity contribution in [2.24, 2.45) is 0 Å². The number of nitrogens with zero attached hydrogens (tertiary/aromatic N) is 1. The second-order valence-electron chi connectivity index (χ2n) is 5.89. The summed E-state index contributed by atoms with van der Waals surface area (Å²) in [6, 6.07) is 15.0. The Balaban J connectivity index is 1.67. The van der Waals surface area contributed by atoms with E-state index in [0.717, 1.165) is 33.6 Å². The Labute approximate surface area is 154 Å². The molecule has 2 aromatic heterocycles. The highest BCUT2D eigenvalue weighted by Crippen LogP contribution is 2.35. The van der Waals surface area contributed by atoms with Gasteiger partial charge in [0.05, 0.1) is 12.8 Å². The molecule has 0 saturated heterocycles. The van der Waals surface area contributed by atoms with Gasteiger partial charge in [-0.05, 0) is 37.3 Å². The van der Waals surface area contributed by atoms with Crippen LogP contribution in [0.5, 0.6) is 5.75 Å². The Morgan fingerprint density at radius 3 is 2.77 bits per heavy atom. The van der Waals surface area contributed by atoms with Gasteiger partial charge in [-0.2, -0.15) is 0 Å². The van der Waals surface area contributed by atoms with Crippen LogP contribution in [0.2, 0.25) is 0 Å². The fourth-order valence-electron chi connectivity index (χ4n) is 2.97. The molecule has 0 aliphatic carbocycles. The van der Waals surface area contributed by atoms with Gasteiger partial charge < -0.3 is 9.72 Å². The minimum absolute atomic E-state index is 0.163. The molecule has 26 heavy (non-hydrogen) atoms. The van der Waals surface area contributed by atoms with Crippen molar-refractivity contribution >= 4 is 33.3 Å². The number of carbonyl (C=O) groups excluding carboxylic acids is 1. The summed E-state index contributed by atoms with van der Waals surface area (Å²) in [4.78, 5) is 20.3. The van der Waals surface area contributed by atoms with Crippen molar-refractivity contribution in [2.75, 3.05) is 12.4 Å². The Bertz CT molecular complexity index is 1080. The molecule has 0 spiro atoms. The number of nitrogens with one attached hydrogen (secondary N) is 2. The fourth-order valence-corrected chi connectivity index (χ4v) is 3.66. The first-order chi connectivity index (χ1) is 12.7. The highest BCUT2D eigenvalue weighted by atomic mass is 32.1. The minimum Gasteiger partial charge on any atom is -0.497 e.